The molecule has 5 nitrogen and oxygen atoms in total. The second-order valence-corrected chi connectivity index (χ2v) is 7.12. The van der Waals surface area contributed by atoms with Crippen molar-refractivity contribution < 1.29 is 4.39 Å². The summed E-state index contributed by atoms with van der Waals surface area (Å²) in [5, 5.41) is 3.45. The average molecular weight is 349 g/mol. The first-order valence-electron chi connectivity index (χ1n) is 9.05. The highest BCUT2D eigenvalue weighted by Gasteiger charge is 2.16. The van der Waals surface area contributed by atoms with E-state index in [2.05, 4.69) is 34.1 Å². The third-order valence-electron chi connectivity index (χ3n) is 4.66. The van der Waals surface area contributed by atoms with E-state index in [0.29, 0.717) is 12.5 Å². The van der Waals surface area contributed by atoms with Gasteiger partial charge in [0.1, 0.15) is 5.82 Å². The van der Waals surface area contributed by atoms with Crippen LogP contribution >= 0.6 is 0 Å². The van der Waals surface area contributed by atoms with Crippen LogP contribution in [0.25, 0.3) is 0 Å². The number of likely N-dealkylation sites (N-methyl/N-ethyl adjacent to an activating group) is 1. The first-order valence-corrected chi connectivity index (χ1v) is 9.05. The third-order valence-corrected chi connectivity index (χ3v) is 4.66. The normalized spacial score (nSPS) is 18.2. The number of benzene rings is 1. The Morgan fingerprint density at radius 1 is 1.32 bits per heavy atom. The zero-order valence-electron chi connectivity index (χ0n) is 16.0. The Morgan fingerprint density at radius 2 is 2.04 bits per heavy atom. The molecule has 25 heavy (non-hydrogen) atoms. The van der Waals surface area contributed by atoms with Crippen LogP contribution in [0.2, 0.25) is 0 Å². The Hall–Kier alpha value is -1.66. The van der Waals surface area contributed by atoms with Crippen LogP contribution in [0, 0.1) is 11.7 Å². The van der Waals surface area contributed by atoms with Gasteiger partial charge in [-0.2, -0.15) is 0 Å². The van der Waals surface area contributed by atoms with Crippen molar-refractivity contribution in [3.63, 3.8) is 0 Å². The maximum Gasteiger partial charge on any atom is 0.193 e. The quantitative estimate of drug-likeness (QED) is 0.626. The summed E-state index contributed by atoms with van der Waals surface area (Å²) in [5.41, 5.74) is 0.941. The fraction of sp³-hybridized carbons (Fsp3) is 0.632. The Bertz CT molecular complexity index is 555. The average Bonchev–Trinajstić information content (AvgIpc) is 2.57. The van der Waals surface area contributed by atoms with E-state index in [1.807, 2.05) is 18.0 Å². The number of nitrogens with one attached hydrogen (secondary N) is 1. The van der Waals surface area contributed by atoms with Gasteiger partial charge in [0.05, 0.1) is 0 Å². The van der Waals surface area contributed by atoms with Crippen LogP contribution in [-0.2, 0) is 6.54 Å². The minimum Gasteiger partial charge on any atom is -0.356 e. The Labute approximate surface area is 151 Å². The zero-order chi connectivity index (χ0) is 18.2. The lowest BCUT2D eigenvalue weighted by Gasteiger charge is -2.34. The molecule has 0 bridgehead atoms. The van der Waals surface area contributed by atoms with E-state index >= 15 is 0 Å². The molecule has 1 aliphatic heterocycles. The molecule has 1 saturated heterocycles. The van der Waals surface area contributed by atoms with Gasteiger partial charge in [0, 0.05) is 59.9 Å². The molecule has 0 aromatic heterocycles. The molecule has 1 unspecified atom stereocenters. The molecule has 1 N–H and O–H groups in total. The number of rotatable bonds is 6. The van der Waals surface area contributed by atoms with Crippen LogP contribution in [0.1, 0.15) is 12.5 Å². The molecule has 0 aliphatic carbocycles. The van der Waals surface area contributed by atoms with Gasteiger partial charge in [0.25, 0.3) is 0 Å². The van der Waals surface area contributed by atoms with Gasteiger partial charge in [-0.05, 0) is 30.7 Å². The number of piperazine rings is 1. The summed E-state index contributed by atoms with van der Waals surface area (Å²) in [7, 11) is 5.95. The molecular formula is C19H32FN5. The molecule has 0 spiro atoms. The Kier molecular flexibility index (Phi) is 7.65. The summed E-state index contributed by atoms with van der Waals surface area (Å²) in [6, 6.07) is 6.71. The lowest BCUT2D eigenvalue weighted by molar-refractivity contribution is 0.139. The topological polar surface area (TPSA) is 34.1 Å². The molecule has 1 heterocycles. The summed E-state index contributed by atoms with van der Waals surface area (Å²) in [4.78, 5) is 11.3. The SMILES string of the molecule is CN=C(NCC(C)CN1CCN(C)CC1)N(C)Cc1cccc(F)c1. The van der Waals surface area contributed by atoms with E-state index < -0.39 is 0 Å². The molecule has 6 heteroatoms. The van der Waals surface area contributed by atoms with Crippen molar-refractivity contribution >= 4 is 5.96 Å². The van der Waals surface area contributed by atoms with Crippen molar-refractivity contribution in [1.29, 1.82) is 0 Å². The first kappa shape index (κ1) is 19.7. The fourth-order valence-corrected chi connectivity index (χ4v) is 3.17. The predicted molar refractivity (Wildman–Crippen MR) is 102 cm³/mol. The van der Waals surface area contributed by atoms with Gasteiger partial charge in [-0.1, -0.05) is 19.1 Å². The summed E-state index contributed by atoms with van der Waals surface area (Å²) in [6.45, 7) is 9.48. The molecule has 1 aliphatic rings. The zero-order valence-corrected chi connectivity index (χ0v) is 16.0. The second-order valence-electron chi connectivity index (χ2n) is 7.12. The van der Waals surface area contributed by atoms with Crippen LogP contribution < -0.4 is 5.32 Å². The number of halogens is 1. The lowest BCUT2D eigenvalue weighted by atomic mass is 10.1. The minimum atomic E-state index is -0.199. The summed E-state index contributed by atoms with van der Waals surface area (Å²) >= 11 is 0. The molecule has 1 aromatic rings. The van der Waals surface area contributed by atoms with E-state index in [1.54, 1.807) is 19.2 Å². The highest BCUT2D eigenvalue weighted by atomic mass is 19.1. The molecule has 0 amide bonds. The molecule has 140 valence electrons. The van der Waals surface area contributed by atoms with Crippen LogP contribution in [0.4, 0.5) is 4.39 Å². The third kappa shape index (κ3) is 6.63. The summed E-state index contributed by atoms with van der Waals surface area (Å²) in [5.74, 6) is 1.19. The van der Waals surface area contributed by atoms with Gasteiger partial charge in [-0.3, -0.25) is 4.99 Å². The number of hydrogen-bond donors (Lipinski definition) is 1. The van der Waals surface area contributed by atoms with E-state index in [9.17, 15) is 4.39 Å². The largest absolute Gasteiger partial charge is 0.356 e. The van der Waals surface area contributed by atoms with E-state index in [0.717, 1.165) is 50.8 Å². The van der Waals surface area contributed by atoms with Crippen LogP contribution in [-0.4, -0.2) is 81.1 Å². The van der Waals surface area contributed by atoms with Gasteiger partial charge in [0.15, 0.2) is 5.96 Å². The van der Waals surface area contributed by atoms with Crippen LogP contribution in [0.3, 0.4) is 0 Å². The highest BCUT2D eigenvalue weighted by molar-refractivity contribution is 5.79. The van der Waals surface area contributed by atoms with E-state index in [1.165, 1.54) is 6.07 Å². The van der Waals surface area contributed by atoms with E-state index in [4.69, 9.17) is 0 Å². The van der Waals surface area contributed by atoms with Crippen molar-refractivity contribution in [2.75, 3.05) is 60.4 Å². The van der Waals surface area contributed by atoms with Crippen molar-refractivity contribution in [1.82, 2.24) is 20.0 Å². The van der Waals surface area contributed by atoms with Crippen molar-refractivity contribution in [2.24, 2.45) is 10.9 Å². The second kappa shape index (κ2) is 9.73. The molecular weight excluding hydrogens is 317 g/mol. The van der Waals surface area contributed by atoms with Gasteiger partial charge >= 0.3 is 0 Å². The Morgan fingerprint density at radius 3 is 2.68 bits per heavy atom. The smallest absolute Gasteiger partial charge is 0.193 e. The highest BCUT2D eigenvalue weighted by Crippen LogP contribution is 2.07. The van der Waals surface area contributed by atoms with Crippen molar-refractivity contribution in [3.8, 4) is 0 Å². The van der Waals surface area contributed by atoms with Gasteiger partial charge < -0.3 is 20.0 Å². The van der Waals surface area contributed by atoms with Gasteiger partial charge in [-0.15, -0.1) is 0 Å². The fourth-order valence-electron chi connectivity index (χ4n) is 3.17. The maximum absolute atomic E-state index is 13.3. The summed E-state index contributed by atoms with van der Waals surface area (Å²) in [6.07, 6.45) is 0. The summed E-state index contributed by atoms with van der Waals surface area (Å²) < 4.78 is 13.3. The number of nitrogens with zero attached hydrogens (tertiary/aromatic N) is 4. The molecule has 1 fully saturated rings. The van der Waals surface area contributed by atoms with Crippen molar-refractivity contribution in [3.05, 3.63) is 35.6 Å². The van der Waals surface area contributed by atoms with Gasteiger partial charge in [0.2, 0.25) is 0 Å². The first-order chi connectivity index (χ1) is 12.0. The van der Waals surface area contributed by atoms with E-state index in [-0.39, 0.29) is 5.82 Å². The monoisotopic (exact) mass is 349 g/mol. The number of aliphatic imine (C=N–C) groups is 1. The minimum absolute atomic E-state index is 0.199. The molecule has 0 saturated carbocycles. The van der Waals surface area contributed by atoms with Crippen LogP contribution in [0.5, 0.6) is 0 Å². The molecule has 1 aromatic carbocycles. The maximum atomic E-state index is 13.3. The number of guanidine groups is 1. The van der Waals surface area contributed by atoms with Crippen LogP contribution in [0.15, 0.2) is 29.3 Å². The van der Waals surface area contributed by atoms with Gasteiger partial charge in [-0.25, -0.2) is 4.39 Å². The standard InChI is InChI=1S/C19H32FN5/c1-16(14-25-10-8-23(3)9-11-25)13-22-19(21-2)24(4)15-17-6-5-7-18(20)12-17/h5-7,12,16H,8-11,13-15H2,1-4H3,(H,21,22). The predicted octanol–water partition coefficient (Wildman–Crippen LogP) is 1.72. The lowest BCUT2D eigenvalue weighted by Crippen LogP contribution is -2.47. The Balaban J connectivity index is 1.77. The van der Waals surface area contributed by atoms with Crippen molar-refractivity contribution in [2.45, 2.75) is 13.5 Å². The molecule has 1 atom stereocenters. The molecule has 2 rings (SSSR count). The number of hydrogen-bond acceptors (Lipinski definition) is 3. The molecule has 0 radical (unpaired) electrons.